The number of halogens is 1. The van der Waals surface area contributed by atoms with Gasteiger partial charge in [-0.25, -0.2) is 4.79 Å². The van der Waals surface area contributed by atoms with Gasteiger partial charge in [-0.1, -0.05) is 108 Å². The molecule has 0 saturated heterocycles. The molecule has 0 unspecified atom stereocenters. The van der Waals surface area contributed by atoms with Crippen molar-refractivity contribution in [3.63, 3.8) is 0 Å². The number of hydrogen-bond donors (Lipinski definition) is 0. The van der Waals surface area contributed by atoms with E-state index in [1.165, 1.54) is 55.9 Å². The van der Waals surface area contributed by atoms with Crippen LogP contribution in [0.25, 0.3) is 0 Å². The van der Waals surface area contributed by atoms with Gasteiger partial charge in [-0.15, -0.1) is 12.8 Å². The van der Waals surface area contributed by atoms with Gasteiger partial charge in [0.15, 0.2) is 0 Å². The largest absolute Gasteiger partial charge is 0.465 e. The van der Waals surface area contributed by atoms with Gasteiger partial charge in [0.25, 0.3) is 0 Å². The summed E-state index contributed by atoms with van der Waals surface area (Å²) in [5.41, 5.74) is 5.61. The van der Waals surface area contributed by atoms with Gasteiger partial charge >= 0.3 is 5.97 Å². The van der Waals surface area contributed by atoms with Gasteiger partial charge in [0.2, 0.25) is 0 Å². The van der Waals surface area contributed by atoms with Crippen molar-refractivity contribution in [3.05, 3.63) is 82.0 Å². The minimum atomic E-state index is -0.326. The lowest BCUT2D eigenvalue weighted by molar-refractivity contribution is -0.135. The Morgan fingerprint density at radius 3 is 1.87 bits per heavy atom. The zero-order valence-electron chi connectivity index (χ0n) is 26.4. The van der Waals surface area contributed by atoms with Crippen LogP contribution in [-0.2, 0) is 9.53 Å². The molecule has 38 heavy (non-hydrogen) atoms. The van der Waals surface area contributed by atoms with E-state index in [1.54, 1.807) is 18.2 Å². The van der Waals surface area contributed by atoms with Crippen molar-refractivity contribution in [2.45, 2.75) is 114 Å². The third kappa shape index (κ3) is 23.9. The van der Waals surface area contributed by atoms with Gasteiger partial charge in [0.1, 0.15) is 0 Å². The van der Waals surface area contributed by atoms with Gasteiger partial charge in [-0.3, -0.25) is 0 Å². The zero-order valence-corrected chi connectivity index (χ0v) is 27.2. The van der Waals surface area contributed by atoms with Crippen molar-refractivity contribution in [1.29, 1.82) is 0 Å². The molecule has 216 valence electrons. The second kappa shape index (κ2) is 30.7. The topological polar surface area (TPSA) is 26.3 Å². The summed E-state index contributed by atoms with van der Waals surface area (Å²) in [5, 5.41) is 0.877. The Morgan fingerprint density at radius 2 is 1.55 bits per heavy atom. The quantitative estimate of drug-likeness (QED) is 0.0961. The fourth-order valence-corrected chi connectivity index (χ4v) is 3.47. The lowest BCUT2D eigenvalue weighted by atomic mass is 9.90. The molecule has 2 nitrogen and oxygen atoms in total. The number of allylic oxidation sites excluding steroid dienone is 5. The highest BCUT2D eigenvalue weighted by Gasteiger charge is 2.10. The fraction of sp³-hybridized carbons (Fsp3) is 0.514. The van der Waals surface area contributed by atoms with Crippen LogP contribution in [-0.4, -0.2) is 13.1 Å². The van der Waals surface area contributed by atoms with Crippen LogP contribution in [0.5, 0.6) is 0 Å². The average molecular weight is 545 g/mol. The molecule has 1 aromatic rings. The Labute approximate surface area is 242 Å². The number of rotatable bonds is 10. The number of terminal acetylenes is 1. The van der Waals surface area contributed by atoms with Crippen LogP contribution in [0.15, 0.2) is 65.8 Å². The number of benzene rings is 1. The first kappa shape index (κ1) is 42.6. The van der Waals surface area contributed by atoms with Crippen molar-refractivity contribution in [2.75, 3.05) is 7.11 Å². The van der Waals surface area contributed by atoms with E-state index in [4.69, 9.17) is 11.6 Å². The molecule has 0 aliphatic rings. The standard InChI is InChI=1S/C14H21Cl.C11H16O2.C6H12.C2H6.C2H2/c1-4-6-12(7-5-2)13-8-11(3)9-14(15)10-13;1-5-7-10(11(12)13-4)8-9(3)6-2;1-4-6(3)5-2;2*1-2/h8-10,12H,4-7H2,1-3H3;5,7-8H,3,6H2,1-2,4H3;4H,5H2,1-3H3;1-2H3;1-2H/b;7-5-,10-8+;6-4+;;. The van der Waals surface area contributed by atoms with E-state index in [0.29, 0.717) is 11.5 Å². The molecule has 0 saturated carbocycles. The normalized spacial score (nSPS) is 10.5. The van der Waals surface area contributed by atoms with E-state index in [0.717, 1.165) is 17.0 Å². The second-order valence-corrected chi connectivity index (χ2v) is 8.86. The monoisotopic (exact) mass is 544 g/mol. The van der Waals surface area contributed by atoms with Crippen LogP contribution in [0.4, 0.5) is 0 Å². The summed E-state index contributed by atoms with van der Waals surface area (Å²) in [6.45, 7) is 24.6. The second-order valence-electron chi connectivity index (χ2n) is 8.43. The first-order valence-corrected chi connectivity index (χ1v) is 14.3. The minimum Gasteiger partial charge on any atom is -0.465 e. The molecule has 0 amide bonds. The number of hydrogen-bond acceptors (Lipinski definition) is 2. The Bertz CT molecular complexity index is 814. The summed E-state index contributed by atoms with van der Waals surface area (Å²) in [6, 6.07) is 6.44. The van der Waals surface area contributed by atoms with Crippen LogP contribution in [0.3, 0.4) is 0 Å². The molecule has 0 aromatic heterocycles. The Balaban J connectivity index is -0.000000228. The first-order valence-electron chi connectivity index (χ1n) is 14.0. The summed E-state index contributed by atoms with van der Waals surface area (Å²) in [7, 11) is 1.37. The van der Waals surface area contributed by atoms with Crippen LogP contribution >= 0.6 is 11.6 Å². The molecular weight excluding hydrogens is 488 g/mol. The molecule has 1 rings (SSSR count). The first-order chi connectivity index (χ1) is 18.1. The van der Waals surface area contributed by atoms with E-state index in [1.807, 2.05) is 33.8 Å². The van der Waals surface area contributed by atoms with E-state index < -0.39 is 0 Å². The average Bonchev–Trinajstić information content (AvgIpc) is 2.94. The minimum absolute atomic E-state index is 0.326. The number of ether oxygens (including phenoxy) is 1. The van der Waals surface area contributed by atoms with Crippen LogP contribution in [0, 0.1) is 19.8 Å². The molecule has 3 heteroatoms. The van der Waals surface area contributed by atoms with Gasteiger partial charge in [-0.2, -0.15) is 0 Å². The smallest absolute Gasteiger partial charge is 0.337 e. The third-order valence-corrected chi connectivity index (χ3v) is 5.66. The van der Waals surface area contributed by atoms with Gasteiger partial charge in [0, 0.05) is 5.02 Å². The summed E-state index contributed by atoms with van der Waals surface area (Å²) in [6.07, 6.45) is 22.5. The summed E-state index contributed by atoms with van der Waals surface area (Å²) in [5.74, 6) is 0.366. The third-order valence-electron chi connectivity index (χ3n) is 5.44. The van der Waals surface area contributed by atoms with Crippen LogP contribution < -0.4 is 0 Å². The highest BCUT2D eigenvalue weighted by molar-refractivity contribution is 6.30. The molecule has 0 N–H and O–H groups in total. The fourth-order valence-electron chi connectivity index (χ4n) is 3.17. The van der Waals surface area contributed by atoms with E-state index in [-0.39, 0.29) is 5.97 Å². The molecule has 0 aliphatic heterocycles. The maximum atomic E-state index is 11.2. The van der Waals surface area contributed by atoms with E-state index >= 15 is 0 Å². The highest BCUT2D eigenvalue weighted by Crippen LogP contribution is 2.29. The van der Waals surface area contributed by atoms with Gasteiger partial charge in [0.05, 0.1) is 12.7 Å². The number of aryl methyl sites for hydroxylation is 1. The summed E-state index contributed by atoms with van der Waals surface area (Å²) < 4.78 is 4.61. The lowest BCUT2D eigenvalue weighted by Gasteiger charge is -2.16. The molecule has 0 radical (unpaired) electrons. The zero-order chi connectivity index (χ0) is 30.5. The number of methoxy groups -OCH3 is 1. The molecule has 0 atom stereocenters. The maximum absolute atomic E-state index is 11.2. The molecule has 0 bridgehead atoms. The van der Waals surface area contributed by atoms with Gasteiger partial charge in [-0.05, 0) is 88.6 Å². The van der Waals surface area contributed by atoms with Crippen molar-refractivity contribution in [3.8, 4) is 12.8 Å². The predicted molar refractivity (Wildman–Crippen MR) is 174 cm³/mol. The van der Waals surface area contributed by atoms with Crippen LogP contribution in [0.2, 0.25) is 5.02 Å². The molecule has 1 aromatic carbocycles. The van der Waals surface area contributed by atoms with Gasteiger partial charge < -0.3 is 4.74 Å². The lowest BCUT2D eigenvalue weighted by Crippen LogP contribution is -2.02. The summed E-state index contributed by atoms with van der Waals surface area (Å²) in [4.78, 5) is 11.2. The van der Waals surface area contributed by atoms with Crippen molar-refractivity contribution in [1.82, 2.24) is 0 Å². The maximum Gasteiger partial charge on any atom is 0.337 e. The Kier molecular flexibility index (Phi) is 34.4. The molecular formula is C35H57ClO2. The molecule has 0 aliphatic carbocycles. The Hall–Kier alpha value is -2.50. The summed E-state index contributed by atoms with van der Waals surface area (Å²) >= 11 is 6.09. The molecule has 0 heterocycles. The van der Waals surface area contributed by atoms with Crippen molar-refractivity contribution < 1.29 is 9.53 Å². The number of carbonyl (C=O) groups is 1. The predicted octanol–water partition coefficient (Wildman–Crippen LogP) is 11.6. The SMILES string of the molecule is C#C.C/C=C(\C)CC.C=C(/C=C(\C=C/C)C(=O)OC)CC.CC.CCCC(CCC)c1cc(C)cc(Cl)c1. The molecule has 0 spiro atoms. The highest BCUT2D eigenvalue weighted by atomic mass is 35.5. The number of carbonyl (C=O) groups excluding carboxylic acids is 1. The Morgan fingerprint density at radius 1 is 1.03 bits per heavy atom. The van der Waals surface area contributed by atoms with E-state index in [9.17, 15) is 4.79 Å². The number of esters is 1. The van der Waals surface area contributed by atoms with Crippen molar-refractivity contribution >= 4 is 17.6 Å². The van der Waals surface area contributed by atoms with Crippen LogP contribution in [0.1, 0.15) is 118 Å². The molecule has 0 fully saturated rings. The van der Waals surface area contributed by atoms with E-state index in [2.05, 4.69) is 83.9 Å². The van der Waals surface area contributed by atoms with Crippen molar-refractivity contribution in [2.24, 2.45) is 0 Å².